The average molecular weight is 1860 g/mol. The van der Waals surface area contributed by atoms with Crippen LogP contribution < -0.4 is 10.4 Å². The summed E-state index contributed by atoms with van der Waals surface area (Å²) in [5.41, 5.74) is 29.6. The molecule has 0 amide bonds. The molecule has 0 aliphatic carbocycles. The summed E-state index contributed by atoms with van der Waals surface area (Å²) >= 11 is 0. The molecule has 2 heteroatoms. The van der Waals surface area contributed by atoms with E-state index in [1.165, 1.54) is 295 Å². The van der Waals surface area contributed by atoms with E-state index in [9.17, 15) is 0 Å². The third-order valence-corrected chi connectivity index (χ3v) is 35.2. The molecule has 0 spiro atoms. The fraction of sp³-hybridized carbons (Fsp3) is 0.0423. The average Bonchev–Trinajstić information content (AvgIpc) is 0.702. The fourth-order valence-electron chi connectivity index (χ4n) is 24.0. The molecule has 144 heavy (non-hydrogen) atoms. The molecule has 28 rings (SSSR count). The molecular weight excluding hydrogens is 1760 g/mol. The van der Waals surface area contributed by atoms with Gasteiger partial charge in [-0.25, -0.2) is 0 Å². The molecule has 0 bridgehead atoms. The molecular formula is C142H100Si2. The summed E-state index contributed by atoms with van der Waals surface area (Å²) in [5.74, 6) is 0. The van der Waals surface area contributed by atoms with Crippen LogP contribution in [-0.4, -0.2) is 16.1 Å². The van der Waals surface area contributed by atoms with Crippen molar-refractivity contribution in [3.05, 3.63) is 497 Å². The summed E-state index contributed by atoms with van der Waals surface area (Å²) < 4.78 is 0. The lowest BCUT2D eigenvalue weighted by Gasteiger charge is -2.24. The van der Waals surface area contributed by atoms with Crippen molar-refractivity contribution in [1.29, 1.82) is 0 Å². The molecule has 28 aromatic carbocycles. The van der Waals surface area contributed by atoms with Crippen molar-refractivity contribution in [1.82, 2.24) is 0 Å². The zero-order valence-corrected chi connectivity index (χ0v) is 83.3. The Balaban J connectivity index is 0.000000144. The molecule has 0 nitrogen and oxygen atoms in total. The lowest BCUT2D eigenvalue weighted by atomic mass is 9.81. The van der Waals surface area contributed by atoms with Gasteiger partial charge in [-0.1, -0.05) is 499 Å². The van der Waals surface area contributed by atoms with Crippen LogP contribution in [0.25, 0.3) is 284 Å². The van der Waals surface area contributed by atoms with E-state index in [1.807, 2.05) is 0 Å². The van der Waals surface area contributed by atoms with Crippen LogP contribution >= 0.6 is 0 Å². The van der Waals surface area contributed by atoms with Gasteiger partial charge in [0.05, 0.1) is 16.1 Å². The van der Waals surface area contributed by atoms with Crippen LogP contribution in [0.5, 0.6) is 0 Å². The van der Waals surface area contributed by atoms with Gasteiger partial charge >= 0.3 is 0 Å². The van der Waals surface area contributed by atoms with Gasteiger partial charge in [0.1, 0.15) is 0 Å². The van der Waals surface area contributed by atoms with Gasteiger partial charge in [-0.15, -0.1) is 0 Å². The molecule has 0 aliphatic heterocycles. The predicted molar refractivity (Wildman–Crippen MR) is 632 cm³/mol. The van der Waals surface area contributed by atoms with Crippen molar-refractivity contribution in [2.75, 3.05) is 0 Å². The minimum Gasteiger partial charge on any atom is -0.0656 e. The minimum atomic E-state index is -1.69. The molecule has 0 aromatic heterocycles. The Hall–Kier alpha value is -17.2. The van der Waals surface area contributed by atoms with Crippen molar-refractivity contribution >= 4 is 177 Å². The van der Waals surface area contributed by atoms with Crippen LogP contribution in [0.2, 0.25) is 39.3 Å². The van der Waals surface area contributed by atoms with Crippen LogP contribution in [0.3, 0.4) is 0 Å². The molecule has 0 fully saturated rings. The largest absolute Gasteiger partial charge is 0.0784 e. The smallest absolute Gasteiger partial charge is 0.0656 e. The van der Waals surface area contributed by atoms with E-state index in [0.717, 1.165) is 0 Å². The summed E-state index contributed by atoms with van der Waals surface area (Å²) in [4.78, 5) is 0. The predicted octanol–water partition coefficient (Wildman–Crippen LogP) is 39.5. The fourth-order valence-corrected chi connectivity index (χ4v) is 27.2. The maximum Gasteiger partial charge on any atom is 0.0784 e. The first-order chi connectivity index (χ1) is 70.6. The second-order valence-corrected chi connectivity index (χ2v) is 51.6. The van der Waals surface area contributed by atoms with Crippen LogP contribution in [0, 0.1) is 0 Å². The topological polar surface area (TPSA) is 0 Å². The maximum absolute atomic E-state index is 2.51. The molecule has 0 aliphatic rings. The number of hydrogen-bond acceptors (Lipinski definition) is 0. The number of rotatable bonds is 14. The third kappa shape index (κ3) is 14.7. The van der Waals surface area contributed by atoms with Gasteiger partial charge in [0.15, 0.2) is 0 Å². The Morgan fingerprint density at radius 3 is 0.611 bits per heavy atom. The van der Waals surface area contributed by atoms with E-state index in [2.05, 4.69) is 537 Å². The third-order valence-electron chi connectivity index (χ3n) is 31.1. The SMILES string of the molecule is C[Si](C)(C)c1ccc(-c2cc(-c3ccc(-c4cccc5ccccc45)cc3)c3ccc4c(-c5ccc([Si](C)(C)C)c6ccccc56)cc(-c5ccc(-c6cccc7ccccc67)cc5)c5ccc2c3c54)c2ccccc12.c1ccc2cc(-c3ccc(-c4cc(-c5ccc6ccccc6c5)c5ccc6c(-c7ccc(-c8ccc9ccccc9c8)cc7)cc(-c7ccc8ccccc8c7)c7ccc4c5c67)cc3)ccc2c1. The zero-order chi connectivity index (χ0) is 96.2. The van der Waals surface area contributed by atoms with E-state index in [-0.39, 0.29) is 0 Å². The highest BCUT2D eigenvalue weighted by Crippen LogP contribution is 2.54. The van der Waals surface area contributed by atoms with E-state index >= 15 is 0 Å². The second-order valence-electron chi connectivity index (χ2n) is 41.6. The second kappa shape index (κ2) is 34.3. The molecule has 28 aromatic rings. The number of fused-ring (bicyclic) bond motifs is 8. The number of hydrogen-bond donors (Lipinski definition) is 0. The lowest BCUT2D eigenvalue weighted by molar-refractivity contribution is 1.61. The first kappa shape index (κ1) is 85.9. The first-order valence-corrected chi connectivity index (χ1v) is 57.6. The van der Waals surface area contributed by atoms with E-state index in [4.69, 9.17) is 0 Å². The van der Waals surface area contributed by atoms with Crippen molar-refractivity contribution in [3.63, 3.8) is 0 Å². The maximum atomic E-state index is 2.51. The van der Waals surface area contributed by atoms with Gasteiger partial charge in [0, 0.05) is 0 Å². The van der Waals surface area contributed by atoms with Gasteiger partial charge in [-0.3, -0.25) is 0 Å². The van der Waals surface area contributed by atoms with Crippen LogP contribution in [0.4, 0.5) is 0 Å². The minimum absolute atomic E-state index is 1.20. The molecule has 0 unspecified atom stereocenters. The molecule has 0 saturated carbocycles. The zero-order valence-electron chi connectivity index (χ0n) is 81.3. The summed E-state index contributed by atoms with van der Waals surface area (Å²) in [5, 5.41) is 38.8. The van der Waals surface area contributed by atoms with E-state index in [1.54, 1.807) is 0 Å². The van der Waals surface area contributed by atoms with Crippen molar-refractivity contribution in [3.8, 4) is 134 Å². The Labute approximate surface area is 841 Å². The quantitative estimate of drug-likeness (QED) is 0.0752. The van der Waals surface area contributed by atoms with Gasteiger partial charge in [0.2, 0.25) is 0 Å². The lowest BCUT2D eigenvalue weighted by Crippen LogP contribution is -2.38. The Kier molecular flexibility index (Phi) is 20.5. The molecule has 0 atom stereocenters. The van der Waals surface area contributed by atoms with Crippen molar-refractivity contribution < 1.29 is 0 Å². The molecule has 0 saturated heterocycles. The molecule has 0 N–H and O–H groups in total. The Morgan fingerprint density at radius 2 is 0.312 bits per heavy atom. The summed E-state index contributed by atoms with van der Waals surface area (Å²) in [6.07, 6.45) is 0. The highest BCUT2D eigenvalue weighted by molar-refractivity contribution is 6.91. The van der Waals surface area contributed by atoms with Crippen LogP contribution in [-0.2, 0) is 0 Å². The van der Waals surface area contributed by atoms with Crippen molar-refractivity contribution in [2.45, 2.75) is 39.3 Å². The normalized spacial score (nSPS) is 12.1. The van der Waals surface area contributed by atoms with Gasteiger partial charge in [-0.05, 0) is 333 Å². The monoisotopic (exact) mass is 1860 g/mol. The van der Waals surface area contributed by atoms with Crippen LogP contribution in [0.15, 0.2) is 497 Å². The highest BCUT2D eigenvalue weighted by Gasteiger charge is 2.29. The summed E-state index contributed by atoms with van der Waals surface area (Å²) in [6, 6.07) is 188. The molecule has 676 valence electrons. The van der Waals surface area contributed by atoms with Crippen molar-refractivity contribution in [2.24, 2.45) is 0 Å². The first-order valence-electron chi connectivity index (χ1n) is 50.6. The highest BCUT2D eigenvalue weighted by atomic mass is 28.3. The van der Waals surface area contributed by atoms with Gasteiger partial charge in [-0.2, -0.15) is 0 Å². The Morgan fingerprint density at radius 1 is 0.104 bits per heavy atom. The van der Waals surface area contributed by atoms with E-state index < -0.39 is 16.1 Å². The summed E-state index contributed by atoms with van der Waals surface area (Å²) in [7, 11) is -3.37. The molecule has 0 heterocycles. The van der Waals surface area contributed by atoms with E-state index in [0.29, 0.717) is 0 Å². The number of benzene rings is 28. The summed E-state index contributed by atoms with van der Waals surface area (Å²) in [6.45, 7) is 14.8. The standard InChI is InChI=1S/C74H58Si2.C68H42/c1-75(2,3)71-43-41-59(57-23-11-13-25-61(57)71)69-45-67(51-33-29-49(30-34-51)55-27-15-19-47-17-7-9-21-53(47)55)63-38-40-66-70(60-42-44-72(76(4,5)6)62-26-14-12-24-58(60)62)46-68(64-37-39-65(69)73(63)74(64)66)52-35-31-50(32-36-52)56-28-16-20-48-18-8-10-22-54(48)56;1-5-13-51-37-55(29-21-43(51)9-1)47-17-25-49(26-18-47)63-41-65(57-31-23-45-11-3-7-15-53(45)39-57)61-36-34-60-64(50-27-19-48(20-28-50)56-30-22-44-10-2-6-14-52(44)38-56)42-66(62-35-33-59(63)67(61)68(60)62)58-32-24-46-12-4-8-16-54(46)40-58/h7-46H,1-6H3;1-42H. The van der Waals surface area contributed by atoms with Gasteiger partial charge < -0.3 is 0 Å². The van der Waals surface area contributed by atoms with Crippen LogP contribution in [0.1, 0.15) is 0 Å². The van der Waals surface area contributed by atoms with Gasteiger partial charge in [0.25, 0.3) is 0 Å². The molecule has 0 radical (unpaired) electrons. The Bertz CT molecular complexity index is 9480.